The molecule has 1 heteroatoms. The Kier molecular flexibility index (Phi) is 3.37. The van der Waals surface area contributed by atoms with Gasteiger partial charge in [0.05, 0.1) is 0 Å². The number of aromatic hydroxyl groups is 1. The van der Waals surface area contributed by atoms with Crippen molar-refractivity contribution in [1.82, 2.24) is 0 Å². The van der Waals surface area contributed by atoms with Gasteiger partial charge in [-0.1, -0.05) is 60.7 Å². The summed E-state index contributed by atoms with van der Waals surface area (Å²) in [5.74, 6) is 0.749. The maximum Gasteiger partial charge on any atom is 0.126 e. The van der Waals surface area contributed by atoms with Crippen molar-refractivity contribution in [3.63, 3.8) is 0 Å². The first kappa shape index (κ1) is 12.0. The molecule has 0 fully saturated rings. The molecule has 0 spiro atoms. The Hall–Kier alpha value is -2.02. The van der Waals surface area contributed by atoms with Crippen LogP contribution in [0.3, 0.4) is 0 Å². The zero-order valence-electron chi connectivity index (χ0n) is 10.9. The summed E-state index contributed by atoms with van der Waals surface area (Å²) in [5, 5.41) is 10.6. The number of benzene rings is 1. The molecule has 0 radical (unpaired) electrons. The Bertz CT molecular complexity index is 588. The minimum Gasteiger partial charge on any atom is -0.507 e. The molecule has 0 aromatic heterocycles. The van der Waals surface area contributed by atoms with Gasteiger partial charge in [-0.2, -0.15) is 0 Å². The molecule has 1 N–H and O–H groups in total. The molecule has 0 saturated heterocycles. The molecule has 3 rings (SSSR count). The highest BCUT2D eigenvalue weighted by molar-refractivity contribution is 5.74. The van der Waals surface area contributed by atoms with Crippen LogP contribution in [0.5, 0.6) is 5.75 Å². The number of hydrogen-bond acceptors (Lipinski definition) is 1. The monoisotopic (exact) mass is 250 g/mol. The van der Waals surface area contributed by atoms with E-state index in [1.807, 2.05) is 12.1 Å². The van der Waals surface area contributed by atoms with E-state index in [1.54, 1.807) is 0 Å². The van der Waals surface area contributed by atoms with Crippen molar-refractivity contribution in [2.45, 2.75) is 25.2 Å². The lowest BCUT2D eigenvalue weighted by molar-refractivity contribution is 0.463. The summed E-state index contributed by atoms with van der Waals surface area (Å²) in [7, 11) is 0. The van der Waals surface area contributed by atoms with Gasteiger partial charge in [0.25, 0.3) is 0 Å². The second-order valence-corrected chi connectivity index (χ2v) is 5.06. The zero-order valence-corrected chi connectivity index (χ0v) is 10.9. The van der Waals surface area contributed by atoms with Gasteiger partial charge in [0, 0.05) is 17.0 Å². The van der Waals surface area contributed by atoms with E-state index in [4.69, 9.17) is 0 Å². The lowest BCUT2D eigenvalue weighted by Gasteiger charge is -2.18. The molecule has 1 nitrogen and oxygen atoms in total. The molecule has 96 valence electrons. The van der Waals surface area contributed by atoms with E-state index >= 15 is 0 Å². The van der Waals surface area contributed by atoms with Gasteiger partial charge in [-0.05, 0) is 24.8 Å². The number of hydrogen-bond donors (Lipinski definition) is 1. The van der Waals surface area contributed by atoms with Crippen molar-refractivity contribution >= 4 is 5.57 Å². The van der Waals surface area contributed by atoms with Gasteiger partial charge in [-0.15, -0.1) is 0 Å². The summed E-state index contributed by atoms with van der Waals surface area (Å²) in [6.45, 7) is 0. The van der Waals surface area contributed by atoms with Crippen LogP contribution in [0.2, 0.25) is 0 Å². The van der Waals surface area contributed by atoms with Crippen LogP contribution in [-0.4, -0.2) is 5.11 Å². The quantitative estimate of drug-likeness (QED) is 0.804. The summed E-state index contributed by atoms with van der Waals surface area (Å²) in [4.78, 5) is 0. The molecule has 1 aromatic rings. The van der Waals surface area contributed by atoms with Crippen LogP contribution in [0, 0.1) is 0 Å². The molecule has 2 aliphatic carbocycles. The van der Waals surface area contributed by atoms with Gasteiger partial charge >= 0.3 is 0 Å². The van der Waals surface area contributed by atoms with Gasteiger partial charge in [0.1, 0.15) is 5.75 Å². The van der Waals surface area contributed by atoms with Crippen LogP contribution in [-0.2, 0) is 0 Å². The van der Waals surface area contributed by atoms with Gasteiger partial charge in [-0.25, -0.2) is 0 Å². The Labute approximate surface area is 114 Å². The highest BCUT2D eigenvalue weighted by Gasteiger charge is 2.17. The molecule has 0 aliphatic heterocycles. The van der Waals surface area contributed by atoms with Crippen LogP contribution >= 0.6 is 0 Å². The summed E-state index contributed by atoms with van der Waals surface area (Å²) in [5.41, 5.74) is 3.26. The third-order valence-corrected chi connectivity index (χ3v) is 3.81. The van der Waals surface area contributed by atoms with E-state index in [9.17, 15) is 5.11 Å². The number of phenolic OH excluding ortho intramolecular Hbond substituents is 1. The molecular formula is C18H18O. The van der Waals surface area contributed by atoms with Gasteiger partial charge in [0.15, 0.2) is 0 Å². The second kappa shape index (κ2) is 5.31. The van der Waals surface area contributed by atoms with Gasteiger partial charge < -0.3 is 5.11 Å². The average molecular weight is 250 g/mol. The summed E-state index contributed by atoms with van der Waals surface area (Å²) in [6.07, 6.45) is 17.8. The molecule has 1 unspecified atom stereocenters. The fourth-order valence-electron chi connectivity index (χ4n) is 2.76. The zero-order chi connectivity index (χ0) is 13.1. The number of para-hydroxylation sites is 1. The predicted molar refractivity (Wildman–Crippen MR) is 80.1 cm³/mol. The van der Waals surface area contributed by atoms with E-state index in [-0.39, 0.29) is 0 Å². The summed E-state index contributed by atoms with van der Waals surface area (Å²) < 4.78 is 0. The van der Waals surface area contributed by atoms with Crippen LogP contribution in [0.25, 0.3) is 5.57 Å². The lowest BCUT2D eigenvalue weighted by Crippen LogP contribution is -1.99. The first-order valence-corrected chi connectivity index (χ1v) is 6.87. The minimum absolute atomic E-state index is 0.296. The maximum absolute atomic E-state index is 10.6. The fourth-order valence-corrected chi connectivity index (χ4v) is 2.76. The predicted octanol–water partition coefficient (Wildman–Crippen LogP) is 4.73. The summed E-state index contributed by atoms with van der Waals surface area (Å²) >= 11 is 0. The molecular weight excluding hydrogens is 232 g/mol. The first-order valence-electron chi connectivity index (χ1n) is 6.87. The Balaban J connectivity index is 1.99. The molecule has 1 aromatic carbocycles. The maximum atomic E-state index is 10.6. The van der Waals surface area contributed by atoms with Crippen molar-refractivity contribution in [3.8, 4) is 5.75 Å². The molecule has 0 heterocycles. The van der Waals surface area contributed by atoms with E-state index in [0.29, 0.717) is 11.7 Å². The molecule has 0 amide bonds. The van der Waals surface area contributed by atoms with E-state index in [1.165, 1.54) is 5.57 Å². The van der Waals surface area contributed by atoms with Gasteiger partial charge in [0.2, 0.25) is 0 Å². The topological polar surface area (TPSA) is 20.2 Å². The fraction of sp³-hybridized carbons (Fsp3) is 0.222. The first-order chi connectivity index (χ1) is 9.36. The van der Waals surface area contributed by atoms with Crippen molar-refractivity contribution in [1.29, 1.82) is 0 Å². The molecule has 2 aliphatic rings. The molecule has 1 atom stereocenters. The minimum atomic E-state index is 0.296. The third-order valence-electron chi connectivity index (χ3n) is 3.81. The van der Waals surface area contributed by atoms with Crippen LogP contribution in [0.1, 0.15) is 36.3 Å². The largest absolute Gasteiger partial charge is 0.507 e. The second-order valence-electron chi connectivity index (χ2n) is 5.06. The van der Waals surface area contributed by atoms with Crippen molar-refractivity contribution in [2.75, 3.05) is 0 Å². The average Bonchev–Trinajstić information content (AvgIpc) is 2.49. The number of allylic oxidation sites excluding steroid dienone is 8. The Morgan fingerprint density at radius 2 is 2.00 bits per heavy atom. The van der Waals surface area contributed by atoms with Crippen LogP contribution in [0.15, 0.2) is 60.7 Å². The van der Waals surface area contributed by atoms with Crippen molar-refractivity contribution in [2.24, 2.45) is 0 Å². The number of phenols is 1. The highest BCUT2D eigenvalue weighted by Crippen LogP contribution is 2.38. The van der Waals surface area contributed by atoms with E-state index in [2.05, 4.69) is 48.6 Å². The van der Waals surface area contributed by atoms with E-state index in [0.717, 1.165) is 30.4 Å². The molecule has 19 heavy (non-hydrogen) atoms. The normalized spacial score (nSPS) is 21.5. The van der Waals surface area contributed by atoms with E-state index < -0.39 is 0 Å². The number of rotatable bonds is 2. The van der Waals surface area contributed by atoms with Crippen molar-refractivity contribution in [3.05, 3.63) is 71.9 Å². The highest BCUT2D eigenvalue weighted by atomic mass is 16.3. The summed E-state index contributed by atoms with van der Waals surface area (Å²) in [6, 6.07) is 6.11. The third kappa shape index (κ3) is 2.41. The smallest absolute Gasteiger partial charge is 0.126 e. The van der Waals surface area contributed by atoms with Crippen LogP contribution in [0.4, 0.5) is 0 Å². The molecule has 0 saturated carbocycles. The Morgan fingerprint density at radius 3 is 2.74 bits per heavy atom. The van der Waals surface area contributed by atoms with Crippen molar-refractivity contribution < 1.29 is 5.11 Å². The van der Waals surface area contributed by atoms with Crippen LogP contribution < -0.4 is 0 Å². The lowest BCUT2D eigenvalue weighted by atomic mass is 9.88. The standard InChI is InChI=1S/C18H18O/c19-18-16(14-8-3-1-4-9-14)12-7-13-17(18)15-10-5-2-6-11-15/h1-5,7-8,10,12-14,19H,6,9,11H2. The molecule has 0 bridgehead atoms. The Morgan fingerprint density at radius 1 is 1.05 bits per heavy atom. The van der Waals surface area contributed by atoms with Gasteiger partial charge in [-0.3, -0.25) is 0 Å². The SMILES string of the molecule is Oc1c(C2=CC=CCC2)cccc1C1C=CC=CC1.